The van der Waals surface area contributed by atoms with Crippen molar-refractivity contribution in [2.45, 2.75) is 31.7 Å². The molecular formula is C29H33NO3. The summed E-state index contributed by atoms with van der Waals surface area (Å²) in [7, 11) is 3.11. The van der Waals surface area contributed by atoms with E-state index in [-0.39, 0.29) is 5.97 Å². The number of carbonyl (C=O) groups excluding carboxylic acids is 1. The summed E-state index contributed by atoms with van der Waals surface area (Å²) in [5.74, 6) is 0.498. The summed E-state index contributed by atoms with van der Waals surface area (Å²) < 4.78 is 10.7. The third kappa shape index (κ3) is 5.64. The number of nitrogens with zero attached hydrogens (tertiary/aromatic N) is 1. The standard InChI is InChI=1S/C29H33NO3/c1-4-30(26-19-21-27(32-2)22-20-26)29(28(31)33-3,25-17-11-6-12-18-25)23-13-7-10-16-24-14-8-5-9-15-24/h5-9,11-15,17-22H,4,10,16,23H2,1-3H3/b13-7+. The third-order valence-corrected chi connectivity index (χ3v) is 5.96. The molecule has 0 aliphatic rings. The molecule has 4 nitrogen and oxygen atoms in total. The minimum absolute atomic E-state index is 0.279. The van der Waals surface area contributed by atoms with Crippen LogP contribution < -0.4 is 9.64 Å². The molecule has 0 fully saturated rings. The highest BCUT2D eigenvalue weighted by atomic mass is 16.5. The molecule has 3 aromatic rings. The molecule has 0 aromatic heterocycles. The van der Waals surface area contributed by atoms with E-state index < -0.39 is 5.54 Å². The topological polar surface area (TPSA) is 38.8 Å². The number of hydrogen-bond acceptors (Lipinski definition) is 4. The number of anilines is 1. The Morgan fingerprint density at radius 2 is 1.52 bits per heavy atom. The van der Waals surface area contributed by atoms with E-state index in [0.29, 0.717) is 13.0 Å². The predicted molar refractivity (Wildman–Crippen MR) is 135 cm³/mol. The molecule has 33 heavy (non-hydrogen) atoms. The first-order valence-electron chi connectivity index (χ1n) is 11.4. The van der Waals surface area contributed by atoms with E-state index in [2.05, 4.69) is 48.2 Å². The van der Waals surface area contributed by atoms with Gasteiger partial charge in [0.25, 0.3) is 0 Å². The van der Waals surface area contributed by atoms with Crippen LogP contribution in [-0.2, 0) is 21.5 Å². The predicted octanol–water partition coefficient (Wildman–Crippen LogP) is 6.17. The Kier molecular flexibility index (Phi) is 8.71. The SMILES string of the molecule is CCN(c1ccc(OC)cc1)C(C/C=C/CCc1ccccc1)(C(=O)OC)c1ccccc1. The van der Waals surface area contributed by atoms with Crippen molar-refractivity contribution in [2.75, 3.05) is 25.7 Å². The largest absolute Gasteiger partial charge is 0.497 e. The van der Waals surface area contributed by atoms with Crippen LogP contribution in [0.1, 0.15) is 30.9 Å². The Labute approximate surface area is 197 Å². The van der Waals surface area contributed by atoms with Crippen LogP contribution in [0.25, 0.3) is 0 Å². The van der Waals surface area contributed by atoms with E-state index >= 15 is 0 Å². The van der Waals surface area contributed by atoms with E-state index in [1.807, 2.05) is 60.7 Å². The van der Waals surface area contributed by atoms with Gasteiger partial charge in [-0.1, -0.05) is 72.8 Å². The summed E-state index contributed by atoms with van der Waals surface area (Å²) in [6, 6.07) is 28.1. The number of methoxy groups -OCH3 is 2. The highest BCUT2D eigenvalue weighted by molar-refractivity contribution is 5.87. The fourth-order valence-corrected chi connectivity index (χ4v) is 4.28. The smallest absolute Gasteiger partial charge is 0.336 e. The van der Waals surface area contributed by atoms with Crippen molar-refractivity contribution < 1.29 is 14.3 Å². The maximum atomic E-state index is 13.5. The zero-order valence-electron chi connectivity index (χ0n) is 19.7. The van der Waals surface area contributed by atoms with E-state index in [0.717, 1.165) is 29.8 Å². The van der Waals surface area contributed by atoms with Gasteiger partial charge in [-0.15, -0.1) is 0 Å². The summed E-state index contributed by atoms with van der Waals surface area (Å²) in [4.78, 5) is 15.6. The molecular weight excluding hydrogens is 410 g/mol. The van der Waals surface area contributed by atoms with Gasteiger partial charge < -0.3 is 14.4 Å². The lowest BCUT2D eigenvalue weighted by Crippen LogP contribution is -2.53. The van der Waals surface area contributed by atoms with Gasteiger partial charge >= 0.3 is 5.97 Å². The Bertz CT molecular complexity index is 1020. The molecule has 3 rings (SSSR count). The summed E-state index contributed by atoms with van der Waals surface area (Å²) in [5.41, 5.74) is 2.16. The quantitative estimate of drug-likeness (QED) is 0.262. The molecule has 0 aliphatic carbocycles. The minimum atomic E-state index is -0.984. The third-order valence-electron chi connectivity index (χ3n) is 5.96. The second-order valence-electron chi connectivity index (χ2n) is 7.86. The van der Waals surface area contributed by atoms with E-state index in [1.54, 1.807) is 7.11 Å². The maximum absolute atomic E-state index is 13.5. The molecule has 0 aliphatic heterocycles. The molecule has 0 saturated carbocycles. The second kappa shape index (κ2) is 11.9. The number of hydrogen-bond donors (Lipinski definition) is 0. The minimum Gasteiger partial charge on any atom is -0.497 e. The van der Waals surface area contributed by atoms with Crippen molar-refractivity contribution in [3.05, 3.63) is 108 Å². The summed E-state index contributed by atoms with van der Waals surface area (Å²) in [6.07, 6.45) is 6.64. The van der Waals surface area contributed by atoms with Crippen LogP contribution in [0.4, 0.5) is 5.69 Å². The van der Waals surface area contributed by atoms with Gasteiger partial charge in [-0.25, -0.2) is 4.79 Å². The van der Waals surface area contributed by atoms with Gasteiger partial charge in [0.05, 0.1) is 14.2 Å². The van der Waals surface area contributed by atoms with Crippen LogP contribution in [0.5, 0.6) is 5.75 Å². The number of ether oxygens (including phenoxy) is 2. The van der Waals surface area contributed by atoms with Crippen LogP contribution in [0.3, 0.4) is 0 Å². The van der Waals surface area contributed by atoms with Crippen LogP contribution in [-0.4, -0.2) is 26.7 Å². The monoisotopic (exact) mass is 443 g/mol. The van der Waals surface area contributed by atoms with E-state index in [1.165, 1.54) is 12.7 Å². The number of rotatable bonds is 11. The first kappa shape index (κ1) is 24.1. The van der Waals surface area contributed by atoms with Crippen LogP contribution >= 0.6 is 0 Å². The molecule has 4 heteroatoms. The van der Waals surface area contributed by atoms with Crippen molar-refractivity contribution >= 4 is 11.7 Å². The molecule has 0 saturated heterocycles. The summed E-state index contributed by atoms with van der Waals surface area (Å²) >= 11 is 0. The number of allylic oxidation sites excluding steroid dienone is 1. The molecule has 0 amide bonds. The number of aryl methyl sites for hydroxylation is 1. The maximum Gasteiger partial charge on any atom is 0.336 e. The molecule has 0 spiro atoms. The number of carbonyl (C=O) groups is 1. The highest BCUT2D eigenvalue weighted by Crippen LogP contribution is 2.38. The summed E-state index contributed by atoms with van der Waals surface area (Å²) in [6.45, 7) is 2.69. The first-order valence-corrected chi connectivity index (χ1v) is 11.4. The Morgan fingerprint density at radius 1 is 0.879 bits per heavy atom. The Balaban J connectivity index is 1.96. The number of benzene rings is 3. The summed E-state index contributed by atoms with van der Waals surface area (Å²) in [5, 5.41) is 0. The molecule has 172 valence electrons. The second-order valence-corrected chi connectivity index (χ2v) is 7.86. The molecule has 0 heterocycles. The fraction of sp³-hybridized carbons (Fsp3) is 0.276. The lowest BCUT2D eigenvalue weighted by Gasteiger charge is -2.42. The molecule has 1 atom stereocenters. The van der Waals surface area contributed by atoms with Gasteiger partial charge in [0, 0.05) is 18.7 Å². The average molecular weight is 444 g/mol. The molecule has 0 N–H and O–H groups in total. The zero-order chi connectivity index (χ0) is 23.5. The lowest BCUT2D eigenvalue weighted by atomic mass is 9.83. The van der Waals surface area contributed by atoms with Crippen molar-refractivity contribution in [3.8, 4) is 5.75 Å². The van der Waals surface area contributed by atoms with Crippen molar-refractivity contribution in [1.29, 1.82) is 0 Å². The Morgan fingerprint density at radius 3 is 2.09 bits per heavy atom. The van der Waals surface area contributed by atoms with Crippen LogP contribution in [0.2, 0.25) is 0 Å². The van der Waals surface area contributed by atoms with Gasteiger partial charge in [-0.2, -0.15) is 0 Å². The first-order chi connectivity index (χ1) is 16.2. The van der Waals surface area contributed by atoms with Gasteiger partial charge in [0.15, 0.2) is 5.54 Å². The van der Waals surface area contributed by atoms with Gasteiger partial charge in [0.2, 0.25) is 0 Å². The number of esters is 1. The van der Waals surface area contributed by atoms with Gasteiger partial charge in [-0.05, 0) is 55.2 Å². The van der Waals surface area contributed by atoms with Crippen molar-refractivity contribution in [2.24, 2.45) is 0 Å². The van der Waals surface area contributed by atoms with E-state index in [4.69, 9.17) is 9.47 Å². The lowest BCUT2D eigenvalue weighted by molar-refractivity contribution is -0.147. The highest BCUT2D eigenvalue weighted by Gasteiger charge is 2.45. The van der Waals surface area contributed by atoms with Gasteiger partial charge in [0.1, 0.15) is 5.75 Å². The Hall–Kier alpha value is -3.53. The molecule has 1 unspecified atom stereocenters. The van der Waals surface area contributed by atoms with Crippen molar-refractivity contribution in [1.82, 2.24) is 0 Å². The van der Waals surface area contributed by atoms with Crippen LogP contribution in [0, 0.1) is 0 Å². The van der Waals surface area contributed by atoms with Crippen LogP contribution in [0.15, 0.2) is 97.1 Å². The average Bonchev–Trinajstić information content (AvgIpc) is 2.88. The van der Waals surface area contributed by atoms with Crippen molar-refractivity contribution in [3.63, 3.8) is 0 Å². The molecule has 0 bridgehead atoms. The zero-order valence-corrected chi connectivity index (χ0v) is 19.7. The molecule has 3 aromatic carbocycles. The van der Waals surface area contributed by atoms with E-state index in [9.17, 15) is 4.79 Å². The number of likely N-dealkylation sites (N-methyl/N-ethyl adjacent to an activating group) is 1. The molecule has 0 radical (unpaired) electrons. The fourth-order valence-electron chi connectivity index (χ4n) is 4.28. The van der Waals surface area contributed by atoms with Gasteiger partial charge in [-0.3, -0.25) is 0 Å². The normalized spacial score (nSPS) is 12.8.